The predicted octanol–water partition coefficient (Wildman–Crippen LogP) is 1.19. The van der Waals surface area contributed by atoms with Crippen LogP contribution >= 0.6 is 0 Å². The molecule has 0 aromatic carbocycles. The highest BCUT2D eigenvalue weighted by molar-refractivity contribution is 5.72. The van der Waals surface area contributed by atoms with Gasteiger partial charge in [0.05, 0.1) is 5.92 Å². The van der Waals surface area contributed by atoms with Gasteiger partial charge >= 0.3 is 5.97 Å². The van der Waals surface area contributed by atoms with Gasteiger partial charge < -0.3 is 5.11 Å². The zero-order valence-electron chi connectivity index (χ0n) is 8.16. The van der Waals surface area contributed by atoms with E-state index in [1.165, 1.54) is 0 Å². The van der Waals surface area contributed by atoms with Crippen LogP contribution < -0.4 is 0 Å². The van der Waals surface area contributed by atoms with Crippen molar-refractivity contribution in [2.24, 2.45) is 5.92 Å². The van der Waals surface area contributed by atoms with Crippen LogP contribution in [0.3, 0.4) is 0 Å². The van der Waals surface area contributed by atoms with Gasteiger partial charge in [-0.25, -0.2) is 0 Å². The van der Waals surface area contributed by atoms with Crippen LogP contribution in [0.25, 0.3) is 0 Å². The van der Waals surface area contributed by atoms with Gasteiger partial charge in [0, 0.05) is 11.6 Å². The van der Waals surface area contributed by atoms with Gasteiger partial charge in [0.1, 0.15) is 0 Å². The number of carboxylic acids is 1. The van der Waals surface area contributed by atoms with E-state index in [1.54, 1.807) is 0 Å². The molecule has 2 atom stereocenters. The van der Waals surface area contributed by atoms with Gasteiger partial charge in [-0.3, -0.25) is 9.69 Å². The second-order valence-electron chi connectivity index (χ2n) is 4.24. The summed E-state index contributed by atoms with van der Waals surface area (Å²) in [5, 5.41) is 8.96. The summed E-state index contributed by atoms with van der Waals surface area (Å²) in [7, 11) is 1.99. The highest BCUT2D eigenvalue weighted by Crippen LogP contribution is 2.37. The average Bonchev–Trinajstić information content (AvgIpc) is 2.13. The van der Waals surface area contributed by atoms with E-state index in [0.29, 0.717) is 6.04 Å². The highest BCUT2D eigenvalue weighted by atomic mass is 16.4. The van der Waals surface area contributed by atoms with E-state index in [1.807, 2.05) is 20.9 Å². The molecule has 0 aromatic heterocycles. The van der Waals surface area contributed by atoms with E-state index in [4.69, 9.17) is 5.11 Å². The van der Waals surface area contributed by atoms with E-state index in [9.17, 15) is 4.79 Å². The molecule has 0 aromatic rings. The maximum absolute atomic E-state index is 10.9. The van der Waals surface area contributed by atoms with Gasteiger partial charge in [-0.2, -0.15) is 0 Å². The Kier molecular flexibility index (Phi) is 2.17. The number of carbonyl (C=O) groups is 1. The minimum atomic E-state index is -0.670. The highest BCUT2D eigenvalue weighted by Gasteiger charge is 2.46. The minimum Gasteiger partial charge on any atom is -0.481 e. The number of rotatable bonds is 1. The van der Waals surface area contributed by atoms with Crippen molar-refractivity contribution in [2.45, 2.75) is 38.8 Å². The molecular formula is C9H17NO2. The second kappa shape index (κ2) is 2.73. The number of likely N-dealkylation sites (tertiary alicyclic amines) is 1. The zero-order valence-corrected chi connectivity index (χ0v) is 8.16. The topological polar surface area (TPSA) is 40.5 Å². The molecule has 3 nitrogen and oxygen atoms in total. The zero-order chi connectivity index (χ0) is 9.52. The Balaban J connectivity index is 2.87. The van der Waals surface area contributed by atoms with Gasteiger partial charge in [-0.05, 0) is 34.2 Å². The fraction of sp³-hybridized carbons (Fsp3) is 0.889. The average molecular weight is 171 g/mol. The predicted molar refractivity (Wildman–Crippen MR) is 47.0 cm³/mol. The first-order chi connectivity index (χ1) is 5.37. The van der Waals surface area contributed by atoms with Crippen molar-refractivity contribution in [3.63, 3.8) is 0 Å². The van der Waals surface area contributed by atoms with Gasteiger partial charge in [0.25, 0.3) is 0 Å². The van der Waals surface area contributed by atoms with E-state index in [2.05, 4.69) is 11.8 Å². The summed E-state index contributed by atoms with van der Waals surface area (Å²) < 4.78 is 0. The van der Waals surface area contributed by atoms with E-state index in [0.717, 1.165) is 6.42 Å². The van der Waals surface area contributed by atoms with Crippen LogP contribution in [0.15, 0.2) is 0 Å². The van der Waals surface area contributed by atoms with Crippen LogP contribution in [-0.4, -0.2) is 34.6 Å². The Hall–Kier alpha value is -0.570. The molecule has 1 heterocycles. The van der Waals surface area contributed by atoms with Crippen molar-refractivity contribution in [1.82, 2.24) is 4.90 Å². The van der Waals surface area contributed by atoms with Crippen molar-refractivity contribution in [1.29, 1.82) is 0 Å². The molecule has 2 unspecified atom stereocenters. The molecule has 12 heavy (non-hydrogen) atoms. The third-order valence-electron chi connectivity index (χ3n) is 3.30. The first-order valence-corrected chi connectivity index (χ1v) is 4.33. The SMILES string of the molecule is CC1CC(C(=O)O)C(C)(C)N1C. The molecular weight excluding hydrogens is 154 g/mol. The Morgan fingerprint density at radius 1 is 1.58 bits per heavy atom. The van der Waals surface area contributed by atoms with E-state index >= 15 is 0 Å². The Bertz CT molecular complexity index is 201. The maximum Gasteiger partial charge on any atom is 0.308 e. The standard InChI is InChI=1S/C9H17NO2/c1-6-5-7(8(11)12)9(2,3)10(6)4/h6-7H,5H2,1-4H3,(H,11,12). The smallest absolute Gasteiger partial charge is 0.308 e. The normalized spacial score (nSPS) is 35.3. The monoisotopic (exact) mass is 171 g/mol. The molecule has 1 aliphatic heterocycles. The third-order valence-corrected chi connectivity index (χ3v) is 3.30. The van der Waals surface area contributed by atoms with Gasteiger partial charge in [-0.15, -0.1) is 0 Å². The number of hydrogen-bond acceptors (Lipinski definition) is 2. The molecule has 0 bridgehead atoms. The number of aliphatic carboxylic acids is 1. The van der Waals surface area contributed by atoms with Crippen molar-refractivity contribution in [2.75, 3.05) is 7.05 Å². The summed E-state index contributed by atoms with van der Waals surface area (Å²) >= 11 is 0. The molecule has 1 rings (SSSR count). The molecule has 0 aliphatic carbocycles. The van der Waals surface area contributed by atoms with E-state index < -0.39 is 5.97 Å². The van der Waals surface area contributed by atoms with E-state index in [-0.39, 0.29) is 11.5 Å². The summed E-state index contributed by atoms with van der Waals surface area (Å²) in [6.45, 7) is 6.06. The molecule has 70 valence electrons. The van der Waals surface area contributed by atoms with Crippen LogP contribution in [-0.2, 0) is 4.79 Å². The molecule has 1 saturated heterocycles. The lowest BCUT2D eigenvalue weighted by Crippen LogP contribution is -2.44. The number of nitrogens with zero attached hydrogens (tertiary/aromatic N) is 1. The Morgan fingerprint density at radius 2 is 2.08 bits per heavy atom. The van der Waals surface area contributed by atoms with Gasteiger partial charge in [0.2, 0.25) is 0 Å². The lowest BCUT2D eigenvalue weighted by molar-refractivity contribution is -0.144. The summed E-state index contributed by atoms with van der Waals surface area (Å²) in [5.74, 6) is -0.895. The second-order valence-corrected chi connectivity index (χ2v) is 4.24. The molecule has 0 amide bonds. The fourth-order valence-electron chi connectivity index (χ4n) is 2.00. The molecule has 0 saturated carbocycles. The summed E-state index contributed by atoms with van der Waals surface area (Å²) in [5.41, 5.74) is -0.203. The van der Waals surface area contributed by atoms with Crippen LogP contribution in [0.2, 0.25) is 0 Å². The largest absolute Gasteiger partial charge is 0.481 e. The lowest BCUT2D eigenvalue weighted by Gasteiger charge is -2.32. The fourth-order valence-corrected chi connectivity index (χ4v) is 2.00. The van der Waals surface area contributed by atoms with Gasteiger partial charge in [0.15, 0.2) is 0 Å². The molecule has 3 heteroatoms. The molecule has 1 fully saturated rings. The summed E-state index contributed by atoms with van der Waals surface area (Å²) in [6, 6.07) is 0.376. The first kappa shape index (κ1) is 9.52. The van der Waals surface area contributed by atoms with Crippen LogP contribution in [0.5, 0.6) is 0 Å². The third kappa shape index (κ3) is 1.22. The molecule has 0 radical (unpaired) electrons. The number of carboxylic acid groups (broad SMARTS) is 1. The maximum atomic E-state index is 10.9. The van der Waals surface area contributed by atoms with Crippen molar-refractivity contribution in [3.8, 4) is 0 Å². The number of hydrogen-bond donors (Lipinski definition) is 1. The quantitative estimate of drug-likeness (QED) is 0.644. The van der Waals surface area contributed by atoms with Gasteiger partial charge in [-0.1, -0.05) is 0 Å². The summed E-state index contributed by atoms with van der Waals surface area (Å²) in [6.07, 6.45) is 0.763. The molecule has 1 aliphatic rings. The summed E-state index contributed by atoms with van der Waals surface area (Å²) in [4.78, 5) is 13.0. The van der Waals surface area contributed by atoms with Crippen molar-refractivity contribution >= 4 is 5.97 Å². The van der Waals surface area contributed by atoms with Crippen molar-refractivity contribution in [3.05, 3.63) is 0 Å². The lowest BCUT2D eigenvalue weighted by atomic mass is 9.88. The van der Waals surface area contributed by atoms with Crippen LogP contribution in [0, 0.1) is 5.92 Å². The Morgan fingerprint density at radius 3 is 2.25 bits per heavy atom. The minimum absolute atomic E-state index is 0.203. The molecule has 1 N–H and O–H groups in total. The molecule has 0 spiro atoms. The Labute approximate surface area is 73.4 Å². The van der Waals surface area contributed by atoms with Crippen molar-refractivity contribution < 1.29 is 9.90 Å². The first-order valence-electron chi connectivity index (χ1n) is 4.33. The van der Waals surface area contributed by atoms with Crippen LogP contribution in [0.1, 0.15) is 27.2 Å². The van der Waals surface area contributed by atoms with Crippen LogP contribution in [0.4, 0.5) is 0 Å².